The summed E-state index contributed by atoms with van der Waals surface area (Å²) >= 11 is 0. The number of hydrogen-bond donors (Lipinski definition) is 0. The van der Waals surface area contributed by atoms with Crippen LogP contribution in [0.5, 0.6) is 0 Å². The number of allylic oxidation sites excluding steroid dienone is 8. The largest absolute Gasteiger partial charge is 0.0991 e. The predicted octanol–water partition coefficient (Wildman–Crippen LogP) is 11.0. The molecule has 2 atom stereocenters. The maximum absolute atomic E-state index is 3.87. The third kappa shape index (κ3) is 16.5. The normalized spacial score (nSPS) is 18.6. The monoisotopic (exact) mass is 416 g/mol. The third-order valence-electron chi connectivity index (χ3n) is 5.86. The highest BCUT2D eigenvalue weighted by Gasteiger charge is 2.23. The van der Waals surface area contributed by atoms with Gasteiger partial charge in [-0.1, -0.05) is 123 Å². The van der Waals surface area contributed by atoms with Gasteiger partial charge in [0.1, 0.15) is 0 Å². The summed E-state index contributed by atoms with van der Waals surface area (Å²) in [6.45, 7) is 9.90. The quantitative estimate of drug-likeness (QED) is 0.133. The van der Waals surface area contributed by atoms with Crippen molar-refractivity contribution in [2.24, 2.45) is 11.8 Å². The fourth-order valence-corrected chi connectivity index (χ4v) is 4.12. The second kappa shape index (κ2) is 24.0. The fourth-order valence-electron chi connectivity index (χ4n) is 4.12. The molecule has 1 aliphatic carbocycles. The Labute approximate surface area is 192 Å². The summed E-state index contributed by atoms with van der Waals surface area (Å²) in [6.07, 6.45) is 34.4. The molecule has 0 aromatic carbocycles. The summed E-state index contributed by atoms with van der Waals surface area (Å²) in [4.78, 5) is 0. The summed E-state index contributed by atoms with van der Waals surface area (Å²) in [6, 6.07) is 0. The summed E-state index contributed by atoms with van der Waals surface area (Å²) in [5.74, 6) is 1.75. The van der Waals surface area contributed by atoms with Crippen LogP contribution in [0.4, 0.5) is 0 Å². The Kier molecular flexibility index (Phi) is 26.6. The zero-order valence-electron chi connectivity index (χ0n) is 18.0. The van der Waals surface area contributed by atoms with E-state index in [-0.39, 0.29) is 22.3 Å². The van der Waals surface area contributed by atoms with Crippen molar-refractivity contribution < 1.29 is 0 Å². The van der Waals surface area contributed by atoms with Crippen LogP contribution in [0.1, 0.15) is 119 Å². The van der Waals surface area contributed by atoms with Crippen LogP contribution in [0.3, 0.4) is 0 Å². The van der Waals surface area contributed by atoms with Gasteiger partial charge in [0.2, 0.25) is 0 Å². The Balaban J connectivity index is -0.00000243. The number of unbranched alkanes of at least 4 members (excludes halogenated alkanes) is 7. The van der Waals surface area contributed by atoms with E-state index in [0.717, 1.165) is 18.3 Å². The van der Waals surface area contributed by atoms with Crippen LogP contribution in [0.25, 0.3) is 0 Å². The molecule has 1 rings (SSSR count). The van der Waals surface area contributed by atoms with Crippen LogP contribution in [0.15, 0.2) is 61.3 Å². The van der Waals surface area contributed by atoms with Gasteiger partial charge in [-0.05, 0) is 68.8 Å². The second-order valence-corrected chi connectivity index (χ2v) is 8.12. The molecule has 1 unspecified atom stereocenters. The van der Waals surface area contributed by atoms with Gasteiger partial charge in [-0.2, -0.15) is 0 Å². The molecule has 0 aromatic rings. The molecule has 1 fully saturated rings. The standard InChI is InChI=1S/C27H44.3CH4/c1-4-7-8-12-16-21-26-23-18-24-27(26)22-17-14-11-9-10-13-15-20-25(6-3)19-5-2;;;/h5-6,12,16-17,19,22,26-27H,2-4,7-11,13-15,18,20-21,23-24H2,1H3;3*1H4/b16-12-,22-17+,25-19+;;;/t26-,27?;;;/m0.../s1. The molecule has 30 heavy (non-hydrogen) atoms. The van der Waals surface area contributed by atoms with Crippen molar-refractivity contribution >= 4 is 0 Å². The molecule has 0 bridgehead atoms. The van der Waals surface area contributed by atoms with E-state index in [1.807, 2.05) is 12.2 Å². The van der Waals surface area contributed by atoms with E-state index in [2.05, 4.69) is 50.5 Å². The van der Waals surface area contributed by atoms with Crippen molar-refractivity contribution in [3.63, 3.8) is 0 Å². The molecule has 0 heterocycles. The van der Waals surface area contributed by atoms with Crippen LogP contribution >= 0.6 is 0 Å². The topological polar surface area (TPSA) is 0 Å². The van der Waals surface area contributed by atoms with Gasteiger partial charge in [0.25, 0.3) is 0 Å². The number of hydrogen-bond acceptors (Lipinski definition) is 0. The van der Waals surface area contributed by atoms with Crippen LogP contribution in [-0.2, 0) is 0 Å². The van der Waals surface area contributed by atoms with E-state index in [9.17, 15) is 0 Å². The van der Waals surface area contributed by atoms with Gasteiger partial charge in [-0.25, -0.2) is 0 Å². The van der Waals surface area contributed by atoms with Crippen molar-refractivity contribution in [3.8, 4) is 0 Å². The van der Waals surface area contributed by atoms with E-state index >= 15 is 0 Å². The van der Waals surface area contributed by atoms with E-state index in [1.165, 1.54) is 89.0 Å². The van der Waals surface area contributed by atoms with Crippen molar-refractivity contribution in [2.75, 3.05) is 0 Å². The zero-order chi connectivity index (χ0) is 19.6. The van der Waals surface area contributed by atoms with E-state index < -0.39 is 0 Å². The van der Waals surface area contributed by atoms with Crippen LogP contribution < -0.4 is 0 Å². The molecule has 1 aliphatic rings. The molecular weight excluding hydrogens is 360 g/mol. The van der Waals surface area contributed by atoms with Gasteiger partial charge in [0, 0.05) is 0 Å². The van der Waals surface area contributed by atoms with Gasteiger partial charge in [-0.15, -0.1) is 0 Å². The van der Waals surface area contributed by atoms with Crippen molar-refractivity contribution in [1.82, 2.24) is 0 Å². The summed E-state index contributed by atoms with van der Waals surface area (Å²) in [5, 5.41) is 0. The zero-order valence-corrected chi connectivity index (χ0v) is 18.0. The van der Waals surface area contributed by atoms with Crippen molar-refractivity contribution in [1.29, 1.82) is 0 Å². The lowest BCUT2D eigenvalue weighted by Gasteiger charge is -2.14. The first kappa shape index (κ1) is 33.3. The second-order valence-electron chi connectivity index (χ2n) is 8.12. The molecule has 0 saturated heterocycles. The van der Waals surface area contributed by atoms with Crippen molar-refractivity contribution in [3.05, 3.63) is 61.3 Å². The van der Waals surface area contributed by atoms with Gasteiger partial charge in [0.15, 0.2) is 0 Å². The molecule has 1 saturated carbocycles. The summed E-state index contributed by atoms with van der Waals surface area (Å²) in [7, 11) is 0. The SMILES string of the molecule is C.C.C.C=C/C=C(\C=C)CCCCCCC/C=C/C1CCC[C@@H]1C/C=C\CCCC. The van der Waals surface area contributed by atoms with E-state index in [4.69, 9.17) is 0 Å². The van der Waals surface area contributed by atoms with Crippen molar-refractivity contribution in [2.45, 2.75) is 119 Å². The number of rotatable bonds is 16. The molecule has 0 N–H and O–H groups in total. The van der Waals surface area contributed by atoms with Crippen LogP contribution in [0.2, 0.25) is 0 Å². The van der Waals surface area contributed by atoms with Gasteiger partial charge in [0.05, 0.1) is 0 Å². The predicted molar refractivity (Wildman–Crippen MR) is 144 cm³/mol. The minimum absolute atomic E-state index is 0. The van der Waals surface area contributed by atoms with Crippen LogP contribution in [-0.4, -0.2) is 0 Å². The first-order chi connectivity index (χ1) is 13.3. The first-order valence-electron chi connectivity index (χ1n) is 11.6. The van der Waals surface area contributed by atoms with E-state index in [0.29, 0.717) is 0 Å². The minimum Gasteiger partial charge on any atom is -0.0991 e. The molecule has 0 heteroatoms. The maximum atomic E-state index is 3.87. The van der Waals surface area contributed by atoms with Gasteiger partial charge >= 0.3 is 0 Å². The Morgan fingerprint density at radius 1 is 0.833 bits per heavy atom. The van der Waals surface area contributed by atoms with E-state index in [1.54, 1.807) is 0 Å². The lowest BCUT2D eigenvalue weighted by Crippen LogP contribution is -2.03. The average molecular weight is 417 g/mol. The highest BCUT2D eigenvalue weighted by Crippen LogP contribution is 2.35. The molecule has 0 nitrogen and oxygen atoms in total. The van der Waals surface area contributed by atoms with Gasteiger partial charge in [-0.3, -0.25) is 0 Å². The minimum atomic E-state index is 0. The third-order valence-corrected chi connectivity index (χ3v) is 5.86. The maximum Gasteiger partial charge on any atom is -0.0202 e. The van der Waals surface area contributed by atoms with Gasteiger partial charge < -0.3 is 0 Å². The molecule has 0 radical (unpaired) electrons. The van der Waals surface area contributed by atoms with Crippen LogP contribution in [0, 0.1) is 11.8 Å². The summed E-state index contributed by atoms with van der Waals surface area (Å²) in [5.41, 5.74) is 1.32. The lowest BCUT2D eigenvalue weighted by molar-refractivity contribution is 0.462. The lowest BCUT2D eigenvalue weighted by atomic mass is 9.92. The Hall–Kier alpha value is -1.30. The molecular formula is C30H56. The Morgan fingerprint density at radius 3 is 2.23 bits per heavy atom. The molecule has 0 aromatic heterocycles. The Morgan fingerprint density at radius 2 is 1.53 bits per heavy atom. The average Bonchev–Trinajstić information content (AvgIpc) is 3.13. The highest BCUT2D eigenvalue weighted by atomic mass is 14.3. The molecule has 0 amide bonds. The highest BCUT2D eigenvalue weighted by molar-refractivity contribution is 5.20. The smallest absolute Gasteiger partial charge is 0.0202 e. The first-order valence-corrected chi connectivity index (χ1v) is 11.6. The molecule has 176 valence electrons. The Bertz CT molecular complexity index is 462. The molecule has 0 spiro atoms. The fraction of sp³-hybridized carbons (Fsp3) is 0.667. The summed E-state index contributed by atoms with van der Waals surface area (Å²) < 4.78 is 0. The molecule has 0 aliphatic heterocycles.